The van der Waals surface area contributed by atoms with Gasteiger partial charge in [-0.25, -0.2) is 0 Å². The molecule has 0 aliphatic heterocycles. The second-order valence-electron chi connectivity index (χ2n) is 5.25. The monoisotopic (exact) mass is 287 g/mol. The van der Waals surface area contributed by atoms with E-state index in [1.54, 1.807) is 13.3 Å². The van der Waals surface area contributed by atoms with Crippen molar-refractivity contribution in [2.24, 2.45) is 0 Å². The first kappa shape index (κ1) is 15.6. The Morgan fingerprint density at radius 2 is 1.95 bits per heavy atom. The van der Waals surface area contributed by atoms with Crippen LogP contribution in [-0.4, -0.2) is 31.3 Å². The number of methoxy groups -OCH3 is 1. The highest BCUT2D eigenvalue weighted by Gasteiger charge is 2.18. The Morgan fingerprint density at radius 1 is 1.19 bits per heavy atom. The van der Waals surface area contributed by atoms with Crippen molar-refractivity contribution in [2.45, 2.75) is 32.7 Å². The second kappa shape index (κ2) is 7.27. The molecule has 2 aromatic rings. The van der Waals surface area contributed by atoms with E-state index in [0.29, 0.717) is 12.6 Å². The van der Waals surface area contributed by atoms with Crippen molar-refractivity contribution in [1.29, 1.82) is 0 Å². The summed E-state index contributed by atoms with van der Waals surface area (Å²) in [7, 11) is 1.74. The lowest BCUT2D eigenvalue weighted by Gasteiger charge is -2.33. The summed E-state index contributed by atoms with van der Waals surface area (Å²) < 4.78 is 5.29. The van der Waals surface area contributed by atoms with Crippen LogP contribution in [0.5, 0.6) is 0 Å². The average molecular weight is 287 g/mol. The molecule has 0 unspecified atom stereocenters. The maximum atomic E-state index is 6.10. The molecule has 0 bridgehead atoms. The molecule has 0 amide bonds. The highest BCUT2D eigenvalue weighted by Crippen LogP contribution is 2.32. The van der Waals surface area contributed by atoms with E-state index in [1.807, 2.05) is 18.3 Å². The number of nitrogens with zero attached hydrogens (tertiary/aromatic N) is 2. The molecule has 2 N–H and O–H groups in total. The molecular weight excluding hydrogens is 262 g/mol. The fraction of sp³-hybridized carbons (Fsp3) is 0.471. The maximum Gasteiger partial charge on any atom is 0.0637 e. The van der Waals surface area contributed by atoms with Gasteiger partial charge in [0.15, 0.2) is 0 Å². The van der Waals surface area contributed by atoms with E-state index >= 15 is 0 Å². The van der Waals surface area contributed by atoms with Crippen LogP contribution in [0.2, 0.25) is 0 Å². The number of pyridine rings is 1. The number of rotatable bonds is 7. The first-order chi connectivity index (χ1) is 10.2. The molecule has 0 spiro atoms. The van der Waals surface area contributed by atoms with Gasteiger partial charge < -0.3 is 15.4 Å². The van der Waals surface area contributed by atoms with E-state index in [1.165, 1.54) is 5.69 Å². The maximum absolute atomic E-state index is 6.10. The SMILES string of the molecule is CCC(CC)N(CCOC)c1ccc(N)c2ccncc12. The fourth-order valence-corrected chi connectivity index (χ4v) is 2.87. The smallest absolute Gasteiger partial charge is 0.0637 e. The predicted molar refractivity (Wildman–Crippen MR) is 89.7 cm³/mol. The lowest BCUT2D eigenvalue weighted by Crippen LogP contribution is -2.37. The van der Waals surface area contributed by atoms with Gasteiger partial charge in [-0.2, -0.15) is 0 Å². The Kier molecular flexibility index (Phi) is 5.39. The van der Waals surface area contributed by atoms with Gasteiger partial charge in [-0.05, 0) is 31.0 Å². The van der Waals surface area contributed by atoms with Crippen LogP contribution in [0.1, 0.15) is 26.7 Å². The van der Waals surface area contributed by atoms with E-state index in [-0.39, 0.29) is 0 Å². The molecule has 1 aromatic carbocycles. The topological polar surface area (TPSA) is 51.4 Å². The highest BCUT2D eigenvalue weighted by atomic mass is 16.5. The van der Waals surface area contributed by atoms with Gasteiger partial charge in [0.25, 0.3) is 0 Å². The van der Waals surface area contributed by atoms with Gasteiger partial charge in [0, 0.05) is 54.2 Å². The van der Waals surface area contributed by atoms with Crippen LogP contribution in [0, 0.1) is 0 Å². The number of hydrogen-bond donors (Lipinski definition) is 1. The van der Waals surface area contributed by atoms with Gasteiger partial charge in [-0.3, -0.25) is 4.98 Å². The Balaban J connectivity index is 2.51. The Morgan fingerprint density at radius 3 is 2.62 bits per heavy atom. The second-order valence-corrected chi connectivity index (χ2v) is 5.25. The molecule has 0 aliphatic rings. The molecule has 1 heterocycles. The van der Waals surface area contributed by atoms with Crippen LogP contribution < -0.4 is 10.6 Å². The summed E-state index contributed by atoms with van der Waals surface area (Å²) in [5.41, 5.74) is 8.09. The Bertz CT molecular complexity index is 581. The minimum absolute atomic E-state index is 0.493. The van der Waals surface area contributed by atoms with Crippen molar-refractivity contribution in [3.63, 3.8) is 0 Å². The van der Waals surface area contributed by atoms with Gasteiger partial charge in [0.2, 0.25) is 0 Å². The molecule has 114 valence electrons. The summed E-state index contributed by atoms with van der Waals surface area (Å²) in [6.45, 7) is 6.04. The zero-order valence-corrected chi connectivity index (χ0v) is 13.2. The molecule has 4 heteroatoms. The highest BCUT2D eigenvalue weighted by molar-refractivity contribution is 6.00. The number of ether oxygens (including phenoxy) is 1. The van der Waals surface area contributed by atoms with Gasteiger partial charge in [0.1, 0.15) is 0 Å². The van der Waals surface area contributed by atoms with Crippen molar-refractivity contribution in [3.8, 4) is 0 Å². The summed E-state index contributed by atoms with van der Waals surface area (Å²) in [4.78, 5) is 6.70. The summed E-state index contributed by atoms with van der Waals surface area (Å²) in [6, 6.07) is 6.56. The minimum atomic E-state index is 0.493. The average Bonchev–Trinajstić information content (AvgIpc) is 2.53. The Labute approximate surface area is 126 Å². The van der Waals surface area contributed by atoms with Gasteiger partial charge in [0.05, 0.1) is 6.61 Å². The largest absolute Gasteiger partial charge is 0.398 e. The number of anilines is 2. The lowest BCUT2D eigenvalue weighted by molar-refractivity contribution is 0.202. The third-order valence-corrected chi connectivity index (χ3v) is 4.06. The molecule has 0 aliphatic carbocycles. The zero-order valence-electron chi connectivity index (χ0n) is 13.2. The third kappa shape index (κ3) is 3.27. The van der Waals surface area contributed by atoms with E-state index in [2.05, 4.69) is 29.8 Å². The Hall–Kier alpha value is -1.81. The molecule has 0 atom stereocenters. The summed E-state index contributed by atoms with van der Waals surface area (Å²) in [5.74, 6) is 0. The first-order valence-electron chi connectivity index (χ1n) is 7.60. The molecule has 2 rings (SSSR count). The summed E-state index contributed by atoms with van der Waals surface area (Å²) in [5, 5.41) is 2.18. The van der Waals surface area contributed by atoms with Crippen molar-refractivity contribution in [1.82, 2.24) is 4.98 Å². The van der Waals surface area contributed by atoms with Crippen molar-refractivity contribution in [2.75, 3.05) is 30.9 Å². The predicted octanol–water partition coefficient (Wildman–Crippen LogP) is 3.46. The molecule has 0 saturated heterocycles. The van der Waals surface area contributed by atoms with Crippen LogP contribution in [0.4, 0.5) is 11.4 Å². The van der Waals surface area contributed by atoms with Crippen LogP contribution in [0.25, 0.3) is 10.8 Å². The summed E-state index contributed by atoms with van der Waals surface area (Å²) >= 11 is 0. The standard InChI is InChI=1S/C17H25N3O/c1-4-13(5-2)20(10-11-21-3)17-7-6-16(18)14-8-9-19-12-15(14)17/h6-9,12-13H,4-5,10-11,18H2,1-3H3. The van der Waals surface area contributed by atoms with E-state index in [9.17, 15) is 0 Å². The quantitative estimate of drug-likeness (QED) is 0.792. The number of benzene rings is 1. The minimum Gasteiger partial charge on any atom is -0.398 e. The number of aromatic nitrogens is 1. The number of nitrogens with two attached hydrogens (primary N) is 1. The van der Waals surface area contributed by atoms with Crippen LogP contribution in [0.15, 0.2) is 30.6 Å². The van der Waals surface area contributed by atoms with Crippen molar-refractivity contribution in [3.05, 3.63) is 30.6 Å². The van der Waals surface area contributed by atoms with Crippen molar-refractivity contribution < 1.29 is 4.74 Å². The third-order valence-electron chi connectivity index (χ3n) is 4.06. The van der Waals surface area contributed by atoms with E-state index < -0.39 is 0 Å². The van der Waals surface area contributed by atoms with Crippen molar-refractivity contribution >= 4 is 22.1 Å². The molecule has 4 nitrogen and oxygen atoms in total. The van der Waals surface area contributed by atoms with Crippen LogP contribution >= 0.6 is 0 Å². The molecule has 21 heavy (non-hydrogen) atoms. The molecule has 0 radical (unpaired) electrons. The lowest BCUT2D eigenvalue weighted by atomic mass is 10.0. The van der Waals surface area contributed by atoms with E-state index in [0.717, 1.165) is 35.8 Å². The molecule has 0 saturated carbocycles. The molecule has 0 fully saturated rings. The first-order valence-corrected chi connectivity index (χ1v) is 7.60. The normalized spacial score (nSPS) is 11.2. The van der Waals surface area contributed by atoms with Gasteiger partial charge in [-0.15, -0.1) is 0 Å². The van der Waals surface area contributed by atoms with E-state index in [4.69, 9.17) is 10.5 Å². The molecular formula is C17H25N3O. The van der Waals surface area contributed by atoms with Gasteiger partial charge in [-0.1, -0.05) is 13.8 Å². The summed E-state index contributed by atoms with van der Waals surface area (Å²) in [6.07, 6.45) is 5.90. The van der Waals surface area contributed by atoms with Gasteiger partial charge >= 0.3 is 0 Å². The van der Waals surface area contributed by atoms with Crippen LogP contribution in [-0.2, 0) is 4.74 Å². The number of fused-ring (bicyclic) bond motifs is 1. The number of hydrogen-bond acceptors (Lipinski definition) is 4. The zero-order chi connectivity index (χ0) is 15.2. The number of nitrogen functional groups attached to an aromatic ring is 1. The molecule has 1 aromatic heterocycles. The van der Waals surface area contributed by atoms with Crippen LogP contribution in [0.3, 0.4) is 0 Å². The fourth-order valence-electron chi connectivity index (χ4n) is 2.87.